The molecule has 4 N–H and O–H groups in total. The van der Waals surface area contributed by atoms with Crippen LogP contribution in [-0.4, -0.2) is 17.0 Å². The second-order valence-electron chi connectivity index (χ2n) is 4.39. The number of rotatable bonds is 4. The van der Waals surface area contributed by atoms with Crippen LogP contribution in [0.25, 0.3) is 0 Å². The van der Waals surface area contributed by atoms with Gasteiger partial charge in [-0.3, -0.25) is 4.79 Å². The Kier molecular flexibility index (Phi) is 4.94. The van der Waals surface area contributed by atoms with Crippen molar-refractivity contribution in [3.63, 3.8) is 0 Å². The molecule has 0 saturated heterocycles. The summed E-state index contributed by atoms with van der Waals surface area (Å²) in [6.45, 7) is 0. The van der Waals surface area contributed by atoms with Crippen LogP contribution in [0.2, 0.25) is 0 Å². The fourth-order valence-corrected chi connectivity index (χ4v) is 2.18. The molecule has 0 spiro atoms. The van der Waals surface area contributed by atoms with Crippen LogP contribution in [0.15, 0.2) is 58.2 Å². The number of carbonyl (C=O) groups excluding carboxylic acids is 1. The largest absolute Gasteiger partial charge is 0.409 e. The molecule has 0 heterocycles. The Hall–Kier alpha value is -2.34. The summed E-state index contributed by atoms with van der Waals surface area (Å²) in [6.07, 6.45) is 0.248. The molecular weight excluding hydrogens is 334 g/mol. The van der Waals surface area contributed by atoms with Crippen molar-refractivity contribution in [1.29, 1.82) is 0 Å². The summed E-state index contributed by atoms with van der Waals surface area (Å²) in [4.78, 5) is 12.0. The van der Waals surface area contributed by atoms with Crippen LogP contribution in [0, 0.1) is 0 Å². The molecule has 21 heavy (non-hydrogen) atoms. The number of hydrogen-bond donors (Lipinski definition) is 3. The molecule has 2 aromatic rings. The second-order valence-corrected chi connectivity index (χ2v) is 5.24. The van der Waals surface area contributed by atoms with Crippen LogP contribution < -0.4 is 11.1 Å². The average molecular weight is 348 g/mol. The highest BCUT2D eigenvalue weighted by Crippen LogP contribution is 2.21. The second kappa shape index (κ2) is 6.90. The Morgan fingerprint density at radius 3 is 2.48 bits per heavy atom. The van der Waals surface area contributed by atoms with E-state index in [-0.39, 0.29) is 18.2 Å². The molecule has 6 heteroatoms. The van der Waals surface area contributed by atoms with Gasteiger partial charge in [0.05, 0.1) is 12.1 Å². The lowest BCUT2D eigenvalue weighted by atomic mass is 10.1. The molecule has 0 atom stereocenters. The fraction of sp³-hybridized carbons (Fsp3) is 0.0667. The Morgan fingerprint density at radius 1 is 1.19 bits per heavy atom. The number of nitrogens with zero attached hydrogens (tertiary/aromatic N) is 1. The summed E-state index contributed by atoms with van der Waals surface area (Å²) in [5.41, 5.74) is 7.66. The van der Waals surface area contributed by atoms with Crippen molar-refractivity contribution in [2.75, 3.05) is 5.32 Å². The van der Waals surface area contributed by atoms with Gasteiger partial charge in [0.2, 0.25) is 5.91 Å². The third-order valence-electron chi connectivity index (χ3n) is 2.87. The van der Waals surface area contributed by atoms with Gasteiger partial charge in [0, 0.05) is 10.0 Å². The number of benzene rings is 2. The fourth-order valence-electron chi connectivity index (χ4n) is 1.79. The zero-order chi connectivity index (χ0) is 15.2. The van der Waals surface area contributed by atoms with E-state index in [1.165, 1.54) is 0 Å². The summed E-state index contributed by atoms with van der Waals surface area (Å²) < 4.78 is 0.834. The molecule has 0 aliphatic carbocycles. The van der Waals surface area contributed by atoms with Crippen molar-refractivity contribution in [1.82, 2.24) is 0 Å². The molecule has 2 rings (SSSR count). The molecule has 2 aromatic carbocycles. The van der Waals surface area contributed by atoms with E-state index < -0.39 is 0 Å². The third kappa shape index (κ3) is 4.06. The van der Waals surface area contributed by atoms with E-state index in [2.05, 4.69) is 26.4 Å². The van der Waals surface area contributed by atoms with Crippen molar-refractivity contribution in [3.05, 3.63) is 64.1 Å². The lowest BCUT2D eigenvalue weighted by molar-refractivity contribution is -0.115. The number of anilines is 1. The smallest absolute Gasteiger partial charge is 0.228 e. The number of carbonyl (C=O) groups is 1. The number of amidine groups is 1. The summed E-state index contributed by atoms with van der Waals surface area (Å²) in [5.74, 6) is -0.0716. The minimum Gasteiger partial charge on any atom is -0.409 e. The number of hydrogen-bond acceptors (Lipinski definition) is 3. The van der Waals surface area contributed by atoms with Crippen LogP contribution in [0.5, 0.6) is 0 Å². The SMILES string of the molecule is NC(=NO)c1ccc(CC(=O)Nc2ccccc2Br)cc1. The van der Waals surface area contributed by atoms with E-state index in [0.29, 0.717) is 5.56 Å². The van der Waals surface area contributed by atoms with Gasteiger partial charge in [-0.1, -0.05) is 41.6 Å². The first-order valence-corrected chi connectivity index (χ1v) is 7.00. The number of para-hydroxylation sites is 1. The lowest BCUT2D eigenvalue weighted by Gasteiger charge is -2.07. The van der Waals surface area contributed by atoms with Gasteiger partial charge in [0.15, 0.2) is 5.84 Å². The first-order valence-electron chi connectivity index (χ1n) is 6.21. The molecular formula is C15H14BrN3O2. The molecule has 5 nitrogen and oxygen atoms in total. The highest BCUT2D eigenvalue weighted by molar-refractivity contribution is 9.10. The van der Waals surface area contributed by atoms with Crippen molar-refractivity contribution < 1.29 is 10.0 Å². The van der Waals surface area contributed by atoms with Gasteiger partial charge >= 0.3 is 0 Å². The number of nitrogens with one attached hydrogen (secondary N) is 1. The van der Waals surface area contributed by atoms with Gasteiger partial charge in [0.1, 0.15) is 0 Å². The van der Waals surface area contributed by atoms with Crippen molar-refractivity contribution in [3.8, 4) is 0 Å². The number of amides is 1. The Bertz CT molecular complexity index is 669. The Labute approximate surface area is 130 Å². The summed E-state index contributed by atoms with van der Waals surface area (Å²) in [7, 11) is 0. The van der Waals surface area contributed by atoms with Crippen LogP contribution in [0.4, 0.5) is 5.69 Å². The molecule has 0 aliphatic heterocycles. The molecule has 0 radical (unpaired) electrons. The highest BCUT2D eigenvalue weighted by Gasteiger charge is 2.07. The molecule has 0 aromatic heterocycles. The standard InChI is InChI=1S/C15H14BrN3O2/c16-12-3-1-2-4-13(12)18-14(20)9-10-5-7-11(8-6-10)15(17)19-21/h1-8,21H,9H2,(H2,17,19)(H,18,20). The first-order chi connectivity index (χ1) is 10.1. The van der Waals surface area contributed by atoms with E-state index in [1.54, 1.807) is 24.3 Å². The number of nitrogens with two attached hydrogens (primary N) is 1. The maximum Gasteiger partial charge on any atom is 0.228 e. The van der Waals surface area contributed by atoms with E-state index in [0.717, 1.165) is 15.7 Å². The molecule has 108 valence electrons. The van der Waals surface area contributed by atoms with E-state index in [1.807, 2.05) is 24.3 Å². The molecule has 0 aliphatic rings. The van der Waals surface area contributed by atoms with E-state index in [4.69, 9.17) is 10.9 Å². The summed E-state index contributed by atoms with van der Waals surface area (Å²) in [5, 5.41) is 14.3. The van der Waals surface area contributed by atoms with Gasteiger partial charge in [0.25, 0.3) is 0 Å². The first kappa shape index (κ1) is 15.1. The molecule has 0 bridgehead atoms. The van der Waals surface area contributed by atoms with E-state index in [9.17, 15) is 4.79 Å². The molecule has 0 unspecified atom stereocenters. The maximum absolute atomic E-state index is 12.0. The topological polar surface area (TPSA) is 87.7 Å². The molecule has 0 fully saturated rings. The monoisotopic (exact) mass is 347 g/mol. The molecule has 0 saturated carbocycles. The average Bonchev–Trinajstić information content (AvgIpc) is 2.49. The van der Waals surface area contributed by atoms with E-state index >= 15 is 0 Å². The van der Waals surface area contributed by atoms with Crippen LogP contribution in [-0.2, 0) is 11.2 Å². The Morgan fingerprint density at radius 2 is 1.86 bits per heavy atom. The van der Waals surface area contributed by atoms with Crippen LogP contribution in [0.3, 0.4) is 0 Å². The zero-order valence-electron chi connectivity index (χ0n) is 11.1. The minimum absolute atomic E-state index is 0.0409. The van der Waals surface area contributed by atoms with Crippen LogP contribution in [0.1, 0.15) is 11.1 Å². The van der Waals surface area contributed by atoms with Crippen LogP contribution >= 0.6 is 15.9 Å². The van der Waals surface area contributed by atoms with Gasteiger partial charge in [-0.25, -0.2) is 0 Å². The normalized spacial score (nSPS) is 11.2. The van der Waals surface area contributed by atoms with Crippen molar-refractivity contribution >= 4 is 33.4 Å². The van der Waals surface area contributed by atoms with Crippen molar-refractivity contribution in [2.24, 2.45) is 10.9 Å². The number of halogens is 1. The lowest BCUT2D eigenvalue weighted by Crippen LogP contribution is -2.15. The minimum atomic E-state index is -0.113. The summed E-state index contributed by atoms with van der Waals surface area (Å²) in [6, 6.07) is 14.4. The maximum atomic E-state index is 12.0. The van der Waals surface area contributed by atoms with Gasteiger partial charge in [-0.15, -0.1) is 0 Å². The highest BCUT2D eigenvalue weighted by atomic mass is 79.9. The molecule has 1 amide bonds. The predicted molar refractivity (Wildman–Crippen MR) is 85.4 cm³/mol. The van der Waals surface area contributed by atoms with Gasteiger partial charge in [-0.05, 0) is 33.6 Å². The third-order valence-corrected chi connectivity index (χ3v) is 3.56. The predicted octanol–water partition coefficient (Wildman–Crippen LogP) is 2.72. The van der Waals surface area contributed by atoms with Gasteiger partial charge < -0.3 is 16.3 Å². The van der Waals surface area contributed by atoms with Crippen molar-refractivity contribution in [2.45, 2.75) is 6.42 Å². The quantitative estimate of drug-likeness (QED) is 0.344. The number of oxime groups is 1. The summed E-state index contributed by atoms with van der Waals surface area (Å²) >= 11 is 3.38. The Balaban J connectivity index is 2.02. The van der Waals surface area contributed by atoms with Gasteiger partial charge in [-0.2, -0.15) is 0 Å². The zero-order valence-corrected chi connectivity index (χ0v) is 12.7.